The molecule has 4 heteroatoms. The van der Waals surface area contributed by atoms with Gasteiger partial charge in [0.05, 0.1) is 6.61 Å². The van der Waals surface area contributed by atoms with Crippen LogP contribution >= 0.6 is 0 Å². The maximum Gasteiger partial charge on any atom is 0.119 e. The molecule has 0 spiro atoms. The first-order chi connectivity index (χ1) is 11.7. The van der Waals surface area contributed by atoms with Crippen LogP contribution in [0.4, 0.5) is 5.69 Å². The molecule has 24 heavy (non-hydrogen) atoms. The topological polar surface area (TPSA) is 19.0 Å². The van der Waals surface area contributed by atoms with E-state index < -0.39 is 0 Å². The smallest absolute Gasteiger partial charge is 0.119 e. The fourth-order valence-electron chi connectivity index (χ4n) is 3.75. The Labute approximate surface area is 147 Å². The minimum Gasteiger partial charge on any atom is -0.494 e. The molecule has 2 heterocycles. The molecule has 0 amide bonds. The highest BCUT2D eigenvalue weighted by atomic mass is 16.5. The van der Waals surface area contributed by atoms with E-state index >= 15 is 0 Å². The summed E-state index contributed by atoms with van der Waals surface area (Å²) in [6.07, 6.45) is 6.43. The summed E-state index contributed by atoms with van der Waals surface area (Å²) in [5.41, 5.74) is 2.85. The number of anilines is 1. The summed E-state index contributed by atoms with van der Waals surface area (Å²) in [7, 11) is 4.27. The molecule has 0 bridgehead atoms. The summed E-state index contributed by atoms with van der Waals surface area (Å²) in [4.78, 5) is 7.32. The van der Waals surface area contributed by atoms with Crippen LogP contribution in [0.25, 0.3) is 0 Å². The maximum absolute atomic E-state index is 6.00. The van der Waals surface area contributed by atoms with Crippen LogP contribution < -0.4 is 9.64 Å². The second kappa shape index (κ2) is 8.72. The molecular weight excluding hydrogens is 298 g/mol. The van der Waals surface area contributed by atoms with Crippen LogP contribution in [-0.4, -0.2) is 69.8 Å². The molecule has 4 nitrogen and oxygen atoms in total. The van der Waals surface area contributed by atoms with Crippen molar-refractivity contribution in [1.82, 2.24) is 9.80 Å². The fourth-order valence-corrected chi connectivity index (χ4v) is 3.75. The highest BCUT2D eigenvalue weighted by molar-refractivity contribution is 5.60. The first-order valence-corrected chi connectivity index (χ1v) is 9.60. The lowest BCUT2D eigenvalue weighted by atomic mass is 10.1. The summed E-state index contributed by atoms with van der Waals surface area (Å²) in [6.45, 7) is 7.93. The van der Waals surface area contributed by atoms with Crippen molar-refractivity contribution in [3.8, 4) is 5.75 Å². The van der Waals surface area contributed by atoms with Gasteiger partial charge in [0.1, 0.15) is 5.75 Å². The van der Waals surface area contributed by atoms with Gasteiger partial charge in [-0.1, -0.05) is 6.42 Å². The zero-order valence-electron chi connectivity index (χ0n) is 15.5. The summed E-state index contributed by atoms with van der Waals surface area (Å²) >= 11 is 0. The van der Waals surface area contributed by atoms with E-state index in [2.05, 4.69) is 47.0 Å². The van der Waals surface area contributed by atoms with E-state index in [0.29, 0.717) is 0 Å². The number of hydrogen-bond donors (Lipinski definition) is 0. The van der Waals surface area contributed by atoms with Crippen LogP contribution in [0.3, 0.4) is 0 Å². The van der Waals surface area contributed by atoms with Crippen molar-refractivity contribution < 1.29 is 4.74 Å². The number of likely N-dealkylation sites (N-methyl/N-ethyl adjacent to an activating group) is 1. The zero-order chi connectivity index (χ0) is 16.8. The Balaban J connectivity index is 1.43. The van der Waals surface area contributed by atoms with Gasteiger partial charge in [0.15, 0.2) is 0 Å². The predicted molar refractivity (Wildman–Crippen MR) is 101 cm³/mol. The molecule has 2 aliphatic heterocycles. The van der Waals surface area contributed by atoms with E-state index in [1.54, 1.807) is 0 Å². The normalized spacial score (nSPS) is 18.2. The van der Waals surface area contributed by atoms with Gasteiger partial charge in [-0.2, -0.15) is 0 Å². The Kier molecular flexibility index (Phi) is 6.38. The minimum absolute atomic E-state index is 0.833. The fraction of sp³-hybridized carbons (Fsp3) is 0.700. The predicted octanol–water partition coefficient (Wildman–Crippen LogP) is 2.87. The molecule has 0 N–H and O–H groups in total. The van der Waals surface area contributed by atoms with E-state index in [4.69, 9.17) is 4.74 Å². The van der Waals surface area contributed by atoms with Crippen LogP contribution in [0.5, 0.6) is 5.75 Å². The SMILES string of the molecule is CN(C)CCN1CCc2cc(OCCCN3CCCCC3)ccc21. The van der Waals surface area contributed by atoms with Gasteiger partial charge in [0.25, 0.3) is 0 Å². The number of ether oxygens (including phenoxy) is 1. The number of nitrogens with zero attached hydrogens (tertiary/aromatic N) is 3. The van der Waals surface area contributed by atoms with E-state index in [1.807, 2.05) is 0 Å². The first kappa shape index (κ1) is 17.6. The lowest BCUT2D eigenvalue weighted by molar-refractivity contribution is 0.205. The second-order valence-corrected chi connectivity index (χ2v) is 7.44. The van der Waals surface area contributed by atoms with Crippen LogP contribution in [0.1, 0.15) is 31.2 Å². The molecule has 2 aliphatic rings. The van der Waals surface area contributed by atoms with Crippen molar-refractivity contribution in [2.24, 2.45) is 0 Å². The maximum atomic E-state index is 6.00. The van der Waals surface area contributed by atoms with Gasteiger partial charge in [-0.25, -0.2) is 0 Å². The van der Waals surface area contributed by atoms with E-state index in [1.165, 1.54) is 50.1 Å². The van der Waals surface area contributed by atoms with Crippen molar-refractivity contribution in [1.29, 1.82) is 0 Å². The molecule has 0 atom stereocenters. The molecule has 1 saturated heterocycles. The molecule has 0 saturated carbocycles. The average molecular weight is 332 g/mol. The number of rotatable bonds is 8. The van der Waals surface area contributed by atoms with Crippen LogP contribution in [0, 0.1) is 0 Å². The largest absolute Gasteiger partial charge is 0.494 e. The third-order valence-electron chi connectivity index (χ3n) is 5.20. The first-order valence-electron chi connectivity index (χ1n) is 9.60. The summed E-state index contributed by atoms with van der Waals surface area (Å²) < 4.78 is 6.00. The molecule has 0 unspecified atom stereocenters. The molecule has 1 aromatic rings. The highest BCUT2D eigenvalue weighted by Crippen LogP contribution is 2.31. The van der Waals surface area contributed by atoms with Crippen molar-refractivity contribution >= 4 is 5.69 Å². The Morgan fingerprint density at radius 2 is 1.88 bits per heavy atom. The molecule has 1 aromatic carbocycles. The monoisotopic (exact) mass is 331 g/mol. The Morgan fingerprint density at radius 1 is 1.04 bits per heavy atom. The second-order valence-electron chi connectivity index (χ2n) is 7.44. The zero-order valence-corrected chi connectivity index (χ0v) is 15.5. The van der Waals surface area contributed by atoms with Crippen LogP contribution in [0.2, 0.25) is 0 Å². The lowest BCUT2D eigenvalue weighted by Gasteiger charge is -2.26. The van der Waals surface area contributed by atoms with Gasteiger partial charge >= 0.3 is 0 Å². The third-order valence-corrected chi connectivity index (χ3v) is 5.20. The van der Waals surface area contributed by atoms with Gasteiger partial charge in [0.2, 0.25) is 0 Å². The number of benzene rings is 1. The Bertz CT molecular complexity index is 512. The van der Waals surface area contributed by atoms with E-state index in [9.17, 15) is 0 Å². The van der Waals surface area contributed by atoms with Gasteiger partial charge in [-0.15, -0.1) is 0 Å². The third kappa shape index (κ3) is 4.87. The highest BCUT2D eigenvalue weighted by Gasteiger charge is 2.19. The van der Waals surface area contributed by atoms with Crippen LogP contribution in [0.15, 0.2) is 18.2 Å². The Morgan fingerprint density at radius 3 is 2.67 bits per heavy atom. The summed E-state index contributed by atoms with van der Waals surface area (Å²) in [5.74, 6) is 1.04. The molecule has 0 aliphatic carbocycles. The van der Waals surface area contributed by atoms with Gasteiger partial charge in [0, 0.05) is 31.9 Å². The van der Waals surface area contributed by atoms with Crippen LogP contribution in [-0.2, 0) is 6.42 Å². The Hall–Kier alpha value is -1.26. The number of hydrogen-bond acceptors (Lipinski definition) is 4. The van der Waals surface area contributed by atoms with Gasteiger partial charge in [-0.05, 0) is 76.6 Å². The van der Waals surface area contributed by atoms with E-state index in [-0.39, 0.29) is 0 Å². The van der Waals surface area contributed by atoms with E-state index in [0.717, 1.165) is 44.8 Å². The molecule has 1 fully saturated rings. The van der Waals surface area contributed by atoms with Gasteiger partial charge in [-0.3, -0.25) is 0 Å². The summed E-state index contributed by atoms with van der Waals surface area (Å²) in [6, 6.07) is 6.65. The lowest BCUT2D eigenvalue weighted by Crippen LogP contribution is -2.31. The number of fused-ring (bicyclic) bond motifs is 1. The molecule has 134 valence electrons. The van der Waals surface area contributed by atoms with Gasteiger partial charge < -0.3 is 19.4 Å². The molecular formula is C20H33N3O. The summed E-state index contributed by atoms with van der Waals surface area (Å²) in [5, 5.41) is 0. The van der Waals surface area contributed by atoms with Crippen molar-refractivity contribution in [2.75, 3.05) is 64.9 Å². The molecule has 3 rings (SSSR count). The average Bonchev–Trinajstić information content (AvgIpc) is 3.00. The van der Waals surface area contributed by atoms with Crippen molar-refractivity contribution in [3.63, 3.8) is 0 Å². The number of likely N-dealkylation sites (tertiary alicyclic amines) is 1. The molecule has 0 radical (unpaired) electrons. The minimum atomic E-state index is 0.833. The molecule has 0 aromatic heterocycles. The quantitative estimate of drug-likeness (QED) is 0.682. The number of piperidine rings is 1. The standard InChI is InChI=1S/C20H33N3O/c1-21(2)14-15-23-13-9-18-17-19(7-8-20(18)23)24-16-6-12-22-10-4-3-5-11-22/h7-8,17H,3-6,9-16H2,1-2H3. The van der Waals surface area contributed by atoms with Crippen molar-refractivity contribution in [2.45, 2.75) is 32.1 Å². The van der Waals surface area contributed by atoms with Crippen molar-refractivity contribution in [3.05, 3.63) is 23.8 Å².